The minimum Gasteiger partial charge on any atom is -0.458 e. The summed E-state index contributed by atoms with van der Waals surface area (Å²) in [7, 11) is 0. The van der Waals surface area contributed by atoms with Gasteiger partial charge in [-0.3, -0.25) is 4.79 Å². The van der Waals surface area contributed by atoms with Crippen molar-refractivity contribution in [1.29, 1.82) is 0 Å². The fraction of sp³-hybridized carbons (Fsp3) is 0.844. The molecule has 1 aliphatic heterocycles. The van der Waals surface area contributed by atoms with Crippen LogP contribution in [0.5, 0.6) is 0 Å². The highest BCUT2D eigenvalue weighted by molar-refractivity contribution is 5.72. The first kappa shape index (κ1) is 26.0. The Labute approximate surface area is 210 Å². The molecule has 2 nitrogen and oxygen atoms in total. The van der Waals surface area contributed by atoms with E-state index in [1.807, 2.05) is 0 Å². The normalized spacial score (nSPS) is 44.1. The highest BCUT2D eigenvalue weighted by atomic mass is 16.6. The van der Waals surface area contributed by atoms with Crippen molar-refractivity contribution in [1.82, 2.24) is 0 Å². The molecule has 1 saturated heterocycles. The van der Waals surface area contributed by atoms with E-state index < -0.39 is 0 Å². The van der Waals surface area contributed by atoms with Gasteiger partial charge in [-0.15, -0.1) is 0 Å². The first-order chi connectivity index (χ1) is 15.8. The van der Waals surface area contributed by atoms with Gasteiger partial charge in [0, 0.05) is 18.3 Å². The van der Waals surface area contributed by atoms with Crippen LogP contribution in [0.15, 0.2) is 24.3 Å². The molecule has 3 aliphatic carbocycles. The third-order valence-corrected chi connectivity index (χ3v) is 12.6. The first-order valence-corrected chi connectivity index (χ1v) is 14.4. The number of rotatable bonds is 7. The number of ether oxygens (including phenoxy) is 1. The lowest BCUT2D eigenvalue weighted by Gasteiger charge is -2.63. The Bertz CT molecular complexity index is 842. The molecule has 1 spiro atoms. The molecular formula is C32H52O2. The standard InChI is InChI=1S/C32H52O2/c1-10-29(7,22(4)5)17-13-23(6)25-14-18-31(9)26-12-11-24(21(2)3)32(20-16-28(33)34-32)27(26)15-19-30(25,31)8/h23-27H,2,4,10-20H2,1,3,5-9H3/t23-,24+,25-,26-,27+,29?,30-,31+,32?/m1/s1. The second kappa shape index (κ2) is 8.81. The van der Waals surface area contributed by atoms with Crippen molar-refractivity contribution in [2.45, 2.75) is 125 Å². The van der Waals surface area contributed by atoms with Crippen molar-refractivity contribution in [2.75, 3.05) is 0 Å². The molecule has 34 heavy (non-hydrogen) atoms. The van der Waals surface area contributed by atoms with Crippen LogP contribution in [-0.2, 0) is 9.53 Å². The van der Waals surface area contributed by atoms with E-state index in [9.17, 15) is 4.79 Å². The number of carbonyl (C=O) groups is 1. The molecule has 9 atom stereocenters. The quantitative estimate of drug-likeness (QED) is 0.275. The van der Waals surface area contributed by atoms with Crippen molar-refractivity contribution >= 4 is 5.97 Å². The molecule has 4 aliphatic rings. The average Bonchev–Trinajstić information content (AvgIpc) is 3.29. The van der Waals surface area contributed by atoms with Crippen molar-refractivity contribution in [3.05, 3.63) is 24.3 Å². The monoisotopic (exact) mass is 468 g/mol. The maximum atomic E-state index is 12.4. The summed E-state index contributed by atoms with van der Waals surface area (Å²) >= 11 is 0. The maximum Gasteiger partial charge on any atom is 0.306 e. The highest BCUT2D eigenvalue weighted by Crippen LogP contribution is 2.72. The molecule has 2 heteroatoms. The lowest BCUT2D eigenvalue weighted by Crippen LogP contribution is -2.60. The molecule has 0 aromatic carbocycles. The van der Waals surface area contributed by atoms with E-state index in [1.54, 1.807) is 0 Å². The predicted octanol–water partition coefficient (Wildman–Crippen LogP) is 8.91. The molecule has 1 heterocycles. The zero-order valence-corrected chi connectivity index (χ0v) is 23.4. The van der Waals surface area contributed by atoms with Gasteiger partial charge in [0.15, 0.2) is 0 Å². The van der Waals surface area contributed by atoms with E-state index >= 15 is 0 Å². The van der Waals surface area contributed by atoms with Gasteiger partial charge in [-0.25, -0.2) is 0 Å². The van der Waals surface area contributed by atoms with Gasteiger partial charge in [0.05, 0.1) is 0 Å². The zero-order chi connectivity index (χ0) is 25.1. The Morgan fingerprint density at radius 2 is 1.74 bits per heavy atom. The van der Waals surface area contributed by atoms with Crippen LogP contribution < -0.4 is 0 Å². The summed E-state index contributed by atoms with van der Waals surface area (Å²) < 4.78 is 6.34. The fourth-order valence-corrected chi connectivity index (χ4v) is 9.75. The molecular weight excluding hydrogens is 416 g/mol. The molecule has 2 unspecified atom stereocenters. The molecule has 0 aromatic rings. The van der Waals surface area contributed by atoms with Gasteiger partial charge >= 0.3 is 5.97 Å². The summed E-state index contributed by atoms with van der Waals surface area (Å²) in [5.41, 5.74) is 3.30. The Kier molecular flexibility index (Phi) is 6.74. The van der Waals surface area contributed by atoms with Gasteiger partial charge < -0.3 is 4.74 Å². The lowest BCUT2D eigenvalue weighted by atomic mass is 9.43. The lowest BCUT2D eigenvalue weighted by molar-refractivity contribution is -0.196. The highest BCUT2D eigenvalue weighted by Gasteiger charge is 2.68. The third-order valence-electron chi connectivity index (χ3n) is 12.6. The number of carbonyl (C=O) groups excluding carboxylic acids is 1. The summed E-state index contributed by atoms with van der Waals surface area (Å²) in [6.45, 7) is 25.6. The van der Waals surface area contributed by atoms with Crippen molar-refractivity contribution < 1.29 is 9.53 Å². The van der Waals surface area contributed by atoms with E-state index in [2.05, 4.69) is 61.6 Å². The van der Waals surface area contributed by atoms with Gasteiger partial charge in [0.1, 0.15) is 5.60 Å². The Hall–Kier alpha value is -1.05. The molecule has 192 valence electrons. The van der Waals surface area contributed by atoms with Crippen LogP contribution in [0.4, 0.5) is 0 Å². The van der Waals surface area contributed by atoms with Crippen LogP contribution in [0.2, 0.25) is 0 Å². The zero-order valence-electron chi connectivity index (χ0n) is 23.4. The summed E-state index contributed by atoms with van der Waals surface area (Å²) in [5.74, 6) is 3.09. The van der Waals surface area contributed by atoms with Gasteiger partial charge in [-0.05, 0) is 112 Å². The number of hydrogen-bond donors (Lipinski definition) is 0. The summed E-state index contributed by atoms with van der Waals surface area (Å²) in [6, 6.07) is 0. The number of fused-ring (bicyclic) bond motifs is 4. The van der Waals surface area contributed by atoms with Gasteiger partial charge in [-0.1, -0.05) is 58.9 Å². The van der Waals surface area contributed by atoms with Gasteiger partial charge in [-0.2, -0.15) is 0 Å². The smallest absolute Gasteiger partial charge is 0.306 e. The van der Waals surface area contributed by atoms with Crippen molar-refractivity contribution in [3.63, 3.8) is 0 Å². The van der Waals surface area contributed by atoms with E-state index in [0.29, 0.717) is 35.0 Å². The maximum absolute atomic E-state index is 12.4. The molecule has 3 saturated carbocycles. The minimum absolute atomic E-state index is 0.0276. The minimum atomic E-state index is -0.274. The van der Waals surface area contributed by atoms with Gasteiger partial charge in [0.25, 0.3) is 0 Å². The molecule has 0 N–H and O–H groups in total. The van der Waals surface area contributed by atoms with E-state index in [-0.39, 0.29) is 17.0 Å². The Morgan fingerprint density at radius 3 is 2.29 bits per heavy atom. The second-order valence-electron chi connectivity index (χ2n) is 13.8. The van der Waals surface area contributed by atoms with Crippen LogP contribution in [-0.4, -0.2) is 11.6 Å². The molecule has 4 rings (SSSR count). The summed E-state index contributed by atoms with van der Waals surface area (Å²) in [5, 5.41) is 0. The largest absolute Gasteiger partial charge is 0.458 e. The van der Waals surface area contributed by atoms with Crippen molar-refractivity contribution in [3.8, 4) is 0 Å². The van der Waals surface area contributed by atoms with Crippen LogP contribution >= 0.6 is 0 Å². The van der Waals surface area contributed by atoms with Crippen LogP contribution in [0.3, 0.4) is 0 Å². The predicted molar refractivity (Wildman–Crippen MR) is 142 cm³/mol. The molecule has 0 aromatic heterocycles. The Balaban J connectivity index is 1.58. The number of esters is 1. The molecule has 0 amide bonds. The van der Waals surface area contributed by atoms with E-state index in [4.69, 9.17) is 4.74 Å². The molecule has 0 bridgehead atoms. The van der Waals surface area contributed by atoms with Crippen LogP contribution in [0.25, 0.3) is 0 Å². The topological polar surface area (TPSA) is 26.3 Å². The first-order valence-electron chi connectivity index (χ1n) is 14.4. The van der Waals surface area contributed by atoms with Gasteiger partial charge in [0.2, 0.25) is 0 Å². The van der Waals surface area contributed by atoms with Crippen LogP contribution in [0, 0.1) is 45.8 Å². The Morgan fingerprint density at radius 1 is 1.06 bits per heavy atom. The number of hydrogen-bond acceptors (Lipinski definition) is 2. The third kappa shape index (κ3) is 3.67. The van der Waals surface area contributed by atoms with Crippen LogP contribution in [0.1, 0.15) is 119 Å². The van der Waals surface area contributed by atoms with E-state index in [1.165, 1.54) is 62.5 Å². The van der Waals surface area contributed by atoms with E-state index in [0.717, 1.165) is 24.7 Å². The molecule has 4 fully saturated rings. The summed E-state index contributed by atoms with van der Waals surface area (Å²) in [6.07, 6.45) is 12.9. The van der Waals surface area contributed by atoms with Crippen molar-refractivity contribution in [2.24, 2.45) is 45.8 Å². The molecule has 0 radical (unpaired) electrons. The SMILES string of the molecule is C=C(C)[C@@H]1CC[C@@H]2[C@H](CC[C@]3(C)[C@@H]([C@H](C)CCC(C)(CC)C(=C)C)CC[C@@]23C)C12CCC(=O)O2. The second-order valence-corrected chi connectivity index (χ2v) is 13.8. The fourth-order valence-electron chi connectivity index (χ4n) is 9.75. The summed E-state index contributed by atoms with van der Waals surface area (Å²) in [4.78, 5) is 12.4. The number of allylic oxidation sites excluding steroid dienone is 1. The average molecular weight is 469 g/mol.